The first kappa shape index (κ1) is 9.77. The number of imidazole rings is 1. The predicted molar refractivity (Wildman–Crippen MR) is 59.1 cm³/mol. The molecule has 0 amide bonds. The number of hydrogen-bond donors (Lipinski definition) is 0. The Morgan fingerprint density at radius 1 is 1.40 bits per heavy atom. The molecule has 1 heterocycles. The SMILES string of the molecule is COc1cccc(Cn2ccnc2)c1C. The molecule has 0 aliphatic carbocycles. The fraction of sp³-hybridized carbons (Fsp3) is 0.250. The monoisotopic (exact) mass is 202 g/mol. The molecule has 0 spiro atoms. The van der Waals surface area contributed by atoms with Gasteiger partial charge in [-0.1, -0.05) is 12.1 Å². The Morgan fingerprint density at radius 2 is 2.27 bits per heavy atom. The van der Waals surface area contributed by atoms with E-state index in [0.717, 1.165) is 12.3 Å². The third kappa shape index (κ3) is 2.01. The highest BCUT2D eigenvalue weighted by atomic mass is 16.5. The first-order valence-corrected chi connectivity index (χ1v) is 4.89. The van der Waals surface area contributed by atoms with Gasteiger partial charge in [0.15, 0.2) is 0 Å². The van der Waals surface area contributed by atoms with E-state index < -0.39 is 0 Å². The molecule has 78 valence electrons. The Labute approximate surface area is 89.3 Å². The van der Waals surface area contributed by atoms with Crippen LogP contribution in [-0.4, -0.2) is 16.7 Å². The molecule has 2 rings (SSSR count). The largest absolute Gasteiger partial charge is 0.496 e. The van der Waals surface area contributed by atoms with Gasteiger partial charge in [-0.05, 0) is 24.1 Å². The quantitative estimate of drug-likeness (QED) is 0.763. The summed E-state index contributed by atoms with van der Waals surface area (Å²) >= 11 is 0. The summed E-state index contributed by atoms with van der Waals surface area (Å²) < 4.78 is 7.32. The van der Waals surface area contributed by atoms with Gasteiger partial charge in [0.1, 0.15) is 5.75 Å². The lowest BCUT2D eigenvalue weighted by molar-refractivity contribution is 0.411. The Morgan fingerprint density at radius 3 is 2.93 bits per heavy atom. The highest BCUT2D eigenvalue weighted by Gasteiger charge is 2.03. The Hall–Kier alpha value is -1.77. The fourth-order valence-corrected chi connectivity index (χ4v) is 1.63. The van der Waals surface area contributed by atoms with Gasteiger partial charge in [0, 0.05) is 18.9 Å². The normalized spacial score (nSPS) is 10.3. The molecular weight excluding hydrogens is 188 g/mol. The van der Waals surface area contributed by atoms with Crippen LogP contribution in [0.3, 0.4) is 0 Å². The van der Waals surface area contributed by atoms with E-state index >= 15 is 0 Å². The van der Waals surface area contributed by atoms with Gasteiger partial charge < -0.3 is 9.30 Å². The average molecular weight is 202 g/mol. The molecule has 2 aromatic rings. The zero-order chi connectivity index (χ0) is 10.7. The van der Waals surface area contributed by atoms with Gasteiger partial charge >= 0.3 is 0 Å². The van der Waals surface area contributed by atoms with Crippen LogP contribution in [0.4, 0.5) is 0 Å². The summed E-state index contributed by atoms with van der Waals surface area (Å²) in [7, 11) is 1.70. The fourth-order valence-electron chi connectivity index (χ4n) is 1.63. The lowest BCUT2D eigenvalue weighted by Gasteiger charge is -2.10. The molecule has 0 N–H and O–H groups in total. The molecule has 1 aromatic carbocycles. The number of ether oxygens (including phenoxy) is 1. The minimum atomic E-state index is 0.836. The molecule has 0 unspecified atom stereocenters. The van der Waals surface area contributed by atoms with Crippen molar-refractivity contribution in [3.63, 3.8) is 0 Å². The molecule has 15 heavy (non-hydrogen) atoms. The summed E-state index contributed by atoms with van der Waals surface area (Å²) in [5.74, 6) is 0.938. The summed E-state index contributed by atoms with van der Waals surface area (Å²) in [6.07, 6.45) is 5.56. The highest BCUT2D eigenvalue weighted by molar-refractivity contribution is 5.39. The van der Waals surface area contributed by atoms with Crippen molar-refractivity contribution in [2.45, 2.75) is 13.5 Å². The molecule has 0 aliphatic rings. The molecule has 1 aromatic heterocycles. The topological polar surface area (TPSA) is 27.1 Å². The molecule has 0 fully saturated rings. The molecule has 3 heteroatoms. The Kier molecular flexibility index (Phi) is 2.72. The second-order valence-corrected chi connectivity index (χ2v) is 3.48. The van der Waals surface area contributed by atoms with Gasteiger partial charge in [-0.2, -0.15) is 0 Å². The molecule has 0 atom stereocenters. The van der Waals surface area contributed by atoms with Gasteiger partial charge in [-0.3, -0.25) is 0 Å². The molecular formula is C12H14N2O. The zero-order valence-corrected chi connectivity index (χ0v) is 8.97. The maximum absolute atomic E-state index is 5.28. The summed E-state index contributed by atoms with van der Waals surface area (Å²) in [4.78, 5) is 4.02. The lowest BCUT2D eigenvalue weighted by Crippen LogP contribution is -2.00. The third-order valence-corrected chi connectivity index (χ3v) is 2.53. The van der Waals surface area contributed by atoms with Crippen molar-refractivity contribution in [3.05, 3.63) is 48.0 Å². The van der Waals surface area contributed by atoms with Crippen LogP contribution < -0.4 is 4.74 Å². The molecule has 0 saturated carbocycles. The van der Waals surface area contributed by atoms with Crippen LogP contribution >= 0.6 is 0 Å². The smallest absolute Gasteiger partial charge is 0.122 e. The van der Waals surface area contributed by atoms with E-state index in [1.54, 1.807) is 13.3 Å². The van der Waals surface area contributed by atoms with E-state index in [1.807, 2.05) is 29.2 Å². The van der Waals surface area contributed by atoms with E-state index in [-0.39, 0.29) is 0 Å². The third-order valence-electron chi connectivity index (χ3n) is 2.53. The minimum absolute atomic E-state index is 0.836. The van der Waals surface area contributed by atoms with Crippen molar-refractivity contribution >= 4 is 0 Å². The lowest BCUT2D eigenvalue weighted by atomic mass is 10.1. The van der Waals surface area contributed by atoms with Crippen LogP contribution in [0.15, 0.2) is 36.9 Å². The van der Waals surface area contributed by atoms with Gasteiger partial charge in [-0.25, -0.2) is 4.98 Å². The van der Waals surface area contributed by atoms with E-state index in [4.69, 9.17) is 4.74 Å². The number of hydrogen-bond acceptors (Lipinski definition) is 2. The molecule has 0 saturated heterocycles. The number of benzene rings is 1. The van der Waals surface area contributed by atoms with Crippen LogP contribution in [-0.2, 0) is 6.54 Å². The van der Waals surface area contributed by atoms with E-state index in [9.17, 15) is 0 Å². The Bertz CT molecular complexity index is 435. The minimum Gasteiger partial charge on any atom is -0.496 e. The molecule has 0 radical (unpaired) electrons. The standard InChI is InChI=1S/C12H14N2O/c1-10-11(4-3-5-12(10)15-2)8-14-7-6-13-9-14/h3-7,9H,8H2,1-2H3. The van der Waals surface area contributed by atoms with Crippen molar-refractivity contribution in [1.82, 2.24) is 9.55 Å². The number of rotatable bonds is 3. The van der Waals surface area contributed by atoms with Crippen molar-refractivity contribution < 1.29 is 4.74 Å². The van der Waals surface area contributed by atoms with Crippen LogP contribution in [0, 0.1) is 6.92 Å². The highest BCUT2D eigenvalue weighted by Crippen LogP contribution is 2.21. The van der Waals surface area contributed by atoms with Gasteiger partial charge in [0.2, 0.25) is 0 Å². The second kappa shape index (κ2) is 4.17. The summed E-state index contributed by atoms with van der Waals surface area (Å²) in [6.45, 7) is 2.91. The van der Waals surface area contributed by atoms with Crippen molar-refractivity contribution in [2.75, 3.05) is 7.11 Å². The van der Waals surface area contributed by atoms with E-state index in [0.29, 0.717) is 0 Å². The van der Waals surface area contributed by atoms with Crippen LogP contribution in [0.1, 0.15) is 11.1 Å². The number of aromatic nitrogens is 2. The Balaban J connectivity index is 2.29. The molecule has 0 aliphatic heterocycles. The van der Waals surface area contributed by atoms with Crippen molar-refractivity contribution in [2.24, 2.45) is 0 Å². The average Bonchev–Trinajstić information content (AvgIpc) is 2.74. The maximum Gasteiger partial charge on any atom is 0.122 e. The maximum atomic E-state index is 5.28. The first-order valence-electron chi connectivity index (χ1n) is 4.89. The number of nitrogens with zero attached hydrogens (tertiary/aromatic N) is 2. The molecule has 0 bridgehead atoms. The van der Waals surface area contributed by atoms with Crippen molar-refractivity contribution in [1.29, 1.82) is 0 Å². The van der Waals surface area contributed by atoms with Gasteiger partial charge in [-0.15, -0.1) is 0 Å². The summed E-state index contributed by atoms with van der Waals surface area (Å²) in [5.41, 5.74) is 2.45. The van der Waals surface area contributed by atoms with Crippen molar-refractivity contribution in [3.8, 4) is 5.75 Å². The number of methoxy groups -OCH3 is 1. The second-order valence-electron chi connectivity index (χ2n) is 3.48. The van der Waals surface area contributed by atoms with E-state index in [2.05, 4.69) is 18.0 Å². The summed E-state index contributed by atoms with van der Waals surface area (Å²) in [5, 5.41) is 0. The van der Waals surface area contributed by atoms with Gasteiger partial charge in [0.05, 0.1) is 13.4 Å². The van der Waals surface area contributed by atoms with Crippen LogP contribution in [0.5, 0.6) is 5.75 Å². The predicted octanol–water partition coefficient (Wildman–Crippen LogP) is 2.25. The first-order chi connectivity index (χ1) is 7.31. The van der Waals surface area contributed by atoms with Crippen LogP contribution in [0.2, 0.25) is 0 Å². The van der Waals surface area contributed by atoms with E-state index in [1.165, 1.54) is 11.1 Å². The summed E-state index contributed by atoms with van der Waals surface area (Å²) in [6, 6.07) is 6.10. The van der Waals surface area contributed by atoms with Gasteiger partial charge in [0.25, 0.3) is 0 Å². The zero-order valence-electron chi connectivity index (χ0n) is 8.97. The van der Waals surface area contributed by atoms with Crippen LogP contribution in [0.25, 0.3) is 0 Å². The molecule has 3 nitrogen and oxygen atoms in total.